The molecule has 0 saturated carbocycles. The Kier molecular flexibility index (Phi) is 8.52. The molecule has 1 aliphatic rings. The Labute approximate surface area is 244 Å². The van der Waals surface area contributed by atoms with Gasteiger partial charge in [-0.05, 0) is 31.5 Å². The van der Waals surface area contributed by atoms with Crippen LogP contribution in [-0.2, 0) is 33.3 Å². The number of fused-ring (bicyclic) bond motifs is 1. The normalized spacial score (nSPS) is 15.4. The summed E-state index contributed by atoms with van der Waals surface area (Å²) >= 11 is 0. The highest BCUT2D eigenvalue weighted by atomic mass is 32.2. The van der Waals surface area contributed by atoms with Gasteiger partial charge in [-0.15, -0.1) is 0 Å². The second kappa shape index (κ2) is 12.1. The third-order valence-electron chi connectivity index (χ3n) is 6.99. The van der Waals surface area contributed by atoms with Crippen LogP contribution in [0, 0.1) is 0 Å². The average molecular weight is 616 g/mol. The molecule has 2 aromatic heterocycles. The van der Waals surface area contributed by atoms with Gasteiger partial charge in [-0.1, -0.05) is 12.1 Å². The lowest BCUT2D eigenvalue weighted by atomic mass is 10.0. The predicted molar refractivity (Wildman–Crippen MR) is 160 cm³/mol. The van der Waals surface area contributed by atoms with Crippen molar-refractivity contribution in [3.63, 3.8) is 0 Å². The quantitative estimate of drug-likeness (QED) is 0.256. The predicted octanol–water partition coefficient (Wildman–Crippen LogP) is 2.59. The smallest absolute Gasteiger partial charge is 0.282 e. The number of sulfone groups is 1. The number of nitrogens with zero attached hydrogens (tertiary/aromatic N) is 5. The van der Waals surface area contributed by atoms with Crippen molar-refractivity contribution in [2.24, 2.45) is 7.05 Å². The zero-order chi connectivity index (χ0) is 29.9. The first kappa shape index (κ1) is 29.5. The molecule has 0 bridgehead atoms. The molecule has 42 heavy (non-hydrogen) atoms. The van der Waals surface area contributed by atoms with Crippen LogP contribution < -0.4 is 19.5 Å². The van der Waals surface area contributed by atoms with E-state index in [1.165, 1.54) is 17.1 Å². The lowest BCUT2D eigenvalue weighted by Gasteiger charge is -2.26. The molecule has 5 rings (SSSR count). The zero-order valence-corrected chi connectivity index (χ0v) is 25.2. The van der Waals surface area contributed by atoms with Crippen molar-refractivity contribution in [3.8, 4) is 11.5 Å². The average Bonchev–Trinajstić information content (AvgIpc) is 3.41. The minimum Gasteiger partial charge on any atom is -0.497 e. The van der Waals surface area contributed by atoms with E-state index >= 15 is 0 Å². The molecule has 0 amide bonds. The number of anilines is 3. The molecule has 15 heteroatoms. The van der Waals surface area contributed by atoms with E-state index < -0.39 is 19.9 Å². The molecular formula is C27H33N7O6S2. The summed E-state index contributed by atoms with van der Waals surface area (Å²) in [7, 11) is -2.23. The van der Waals surface area contributed by atoms with E-state index in [4.69, 9.17) is 14.5 Å². The van der Waals surface area contributed by atoms with Gasteiger partial charge in [0, 0.05) is 44.0 Å². The number of sulfonamides is 1. The van der Waals surface area contributed by atoms with Gasteiger partial charge in [0.05, 0.1) is 48.8 Å². The Bertz CT molecular complexity index is 1790. The molecule has 0 radical (unpaired) electrons. The summed E-state index contributed by atoms with van der Waals surface area (Å²) in [5, 5.41) is 3.13. The van der Waals surface area contributed by atoms with Crippen LogP contribution in [0.3, 0.4) is 0 Å². The molecule has 1 aliphatic heterocycles. The number of hydrogen-bond acceptors (Lipinski definition) is 11. The number of rotatable bonds is 11. The summed E-state index contributed by atoms with van der Waals surface area (Å²) in [6, 6.07) is 10.7. The van der Waals surface area contributed by atoms with Crippen molar-refractivity contribution in [2.45, 2.75) is 17.9 Å². The molecule has 224 valence electrons. The lowest BCUT2D eigenvalue weighted by Crippen LogP contribution is -2.40. The van der Waals surface area contributed by atoms with Crippen molar-refractivity contribution in [1.82, 2.24) is 24.4 Å². The van der Waals surface area contributed by atoms with Gasteiger partial charge >= 0.3 is 0 Å². The Morgan fingerprint density at radius 2 is 1.69 bits per heavy atom. The molecular weight excluding hydrogens is 582 g/mol. The number of benzene rings is 2. The summed E-state index contributed by atoms with van der Waals surface area (Å²) in [6.45, 7) is 1.74. The minimum absolute atomic E-state index is 0.00150. The Morgan fingerprint density at radius 3 is 2.31 bits per heavy atom. The van der Waals surface area contributed by atoms with Gasteiger partial charge in [0.25, 0.3) is 10.0 Å². The summed E-state index contributed by atoms with van der Waals surface area (Å²) in [5.41, 5.74) is 2.51. The van der Waals surface area contributed by atoms with Crippen LogP contribution in [0.1, 0.15) is 12.0 Å². The highest BCUT2D eigenvalue weighted by molar-refractivity contribution is 7.92. The van der Waals surface area contributed by atoms with Crippen molar-refractivity contribution < 1.29 is 26.3 Å². The van der Waals surface area contributed by atoms with Gasteiger partial charge in [-0.3, -0.25) is 4.72 Å². The number of methoxy groups -OCH3 is 2. The number of imidazole rings is 1. The monoisotopic (exact) mass is 615 g/mol. The van der Waals surface area contributed by atoms with Crippen LogP contribution in [0.15, 0.2) is 53.9 Å². The van der Waals surface area contributed by atoms with Gasteiger partial charge in [0.1, 0.15) is 11.5 Å². The van der Waals surface area contributed by atoms with Gasteiger partial charge in [-0.2, -0.15) is 8.42 Å². The van der Waals surface area contributed by atoms with Crippen molar-refractivity contribution in [3.05, 3.63) is 54.5 Å². The van der Waals surface area contributed by atoms with Crippen LogP contribution in [0.5, 0.6) is 11.5 Å². The van der Waals surface area contributed by atoms with E-state index in [-0.39, 0.29) is 28.2 Å². The molecule has 1 fully saturated rings. The Morgan fingerprint density at radius 1 is 1.00 bits per heavy atom. The first-order chi connectivity index (χ1) is 20.1. The minimum atomic E-state index is -4.07. The van der Waals surface area contributed by atoms with Crippen LogP contribution in [-0.4, -0.2) is 86.6 Å². The van der Waals surface area contributed by atoms with E-state index in [1.807, 2.05) is 6.07 Å². The SMILES string of the molecule is COc1cc(Nc2nc3ccccc3nc2NS(=O)(=O)c2cn(C)cn2)c(CCCN2CCS(=O)(=O)CC2)c(OC)c1. The standard InChI is InChI=1S/C27H33N7O6S2/c1-33-17-25(28-18-33)42(37,38)32-27-26(29-21-8-4-5-9-22(21)30-27)31-23-15-19(39-2)16-24(40-3)20(23)7-6-10-34-11-13-41(35,36)14-12-34/h4-5,8-9,15-18H,6-7,10-14H2,1-3H3,(H,29,31)(H,30,32). The molecule has 0 unspecified atom stereocenters. The summed E-state index contributed by atoms with van der Waals surface area (Å²) < 4.78 is 65.3. The topological polar surface area (TPSA) is 158 Å². The zero-order valence-electron chi connectivity index (χ0n) is 23.6. The molecule has 2 N–H and O–H groups in total. The van der Waals surface area contributed by atoms with Gasteiger partial charge in [0.2, 0.25) is 0 Å². The highest BCUT2D eigenvalue weighted by Crippen LogP contribution is 2.36. The molecule has 0 atom stereocenters. The number of aromatic nitrogens is 4. The first-order valence-electron chi connectivity index (χ1n) is 13.3. The van der Waals surface area contributed by atoms with Crippen LogP contribution >= 0.6 is 0 Å². The molecule has 3 heterocycles. The van der Waals surface area contributed by atoms with E-state index in [0.717, 1.165) is 18.5 Å². The van der Waals surface area contributed by atoms with Gasteiger partial charge < -0.3 is 24.3 Å². The fourth-order valence-corrected chi connectivity index (χ4v) is 7.01. The molecule has 2 aromatic carbocycles. The Balaban J connectivity index is 1.48. The van der Waals surface area contributed by atoms with Gasteiger partial charge in [0.15, 0.2) is 26.5 Å². The summed E-state index contributed by atoms with van der Waals surface area (Å²) in [4.78, 5) is 15.4. The lowest BCUT2D eigenvalue weighted by molar-refractivity contribution is 0.291. The third-order valence-corrected chi connectivity index (χ3v) is 9.82. The highest BCUT2D eigenvalue weighted by Gasteiger charge is 2.24. The molecule has 0 aliphatic carbocycles. The summed E-state index contributed by atoms with van der Waals surface area (Å²) in [6.07, 6.45) is 4.12. The molecule has 0 spiro atoms. The van der Waals surface area contributed by atoms with E-state index in [1.54, 1.807) is 51.6 Å². The van der Waals surface area contributed by atoms with Crippen LogP contribution in [0.25, 0.3) is 11.0 Å². The van der Waals surface area contributed by atoms with Crippen LogP contribution in [0.2, 0.25) is 0 Å². The number of nitrogens with one attached hydrogen (secondary N) is 2. The Hall–Kier alpha value is -3.95. The fourth-order valence-electron chi connectivity index (χ4n) is 4.74. The number of aryl methyl sites for hydroxylation is 1. The molecule has 13 nitrogen and oxygen atoms in total. The second-order valence-corrected chi connectivity index (χ2v) is 13.9. The number of hydrogen-bond donors (Lipinski definition) is 2. The number of para-hydroxylation sites is 2. The van der Waals surface area contributed by atoms with Crippen molar-refractivity contribution >= 4 is 48.2 Å². The largest absolute Gasteiger partial charge is 0.497 e. The van der Waals surface area contributed by atoms with E-state index in [9.17, 15) is 16.8 Å². The van der Waals surface area contributed by atoms with E-state index in [0.29, 0.717) is 47.7 Å². The first-order valence-corrected chi connectivity index (χ1v) is 16.6. The fraction of sp³-hybridized carbons (Fsp3) is 0.370. The van der Waals surface area contributed by atoms with E-state index in [2.05, 4.69) is 24.9 Å². The molecule has 4 aromatic rings. The van der Waals surface area contributed by atoms with Gasteiger partial charge in [-0.25, -0.2) is 23.4 Å². The van der Waals surface area contributed by atoms with Crippen LogP contribution in [0.4, 0.5) is 17.3 Å². The number of ether oxygens (including phenoxy) is 2. The third kappa shape index (κ3) is 6.74. The maximum Gasteiger partial charge on any atom is 0.282 e. The maximum atomic E-state index is 13.2. The second-order valence-electron chi connectivity index (χ2n) is 9.97. The van der Waals surface area contributed by atoms with Crippen molar-refractivity contribution in [1.29, 1.82) is 0 Å². The maximum absolute atomic E-state index is 13.2. The van der Waals surface area contributed by atoms with Crippen molar-refractivity contribution in [2.75, 3.05) is 55.4 Å². The molecule has 1 saturated heterocycles. The summed E-state index contributed by atoms with van der Waals surface area (Å²) in [5.74, 6) is 1.64.